The van der Waals surface area contributed by atoms with E-state index in [0.29, 0.717) is 6.42 Å². The second kappa shape index (κ2) is 5.83. The van der Waals surface area contributed by atoms with Gasteiger partial charge >= 0.3 is 5.97 Å². The van der Waals surface area contributed by atoms with E-state index in [2.05, 4.69) is 6.92 Å². The maximum Gasteiger partial charge on any atom is 0.306 e. The Morgan fingerprint density at radius 2 is 2.00 bits per heavy atom. The van der Waals surface area contributed by atoms with Crippen molar-refractivity contribution in [3.8, 4) is 0 Å². The lowest BCUT2D eigenvalue weighted by Gasteiger charge is -2.25. The van der Waals surface area contributed by atoms with Crippen LogP contribution in [0.5, 0.6) is 0 Å². The van der Waals surface area contributed by atoms with Crippen molar-refractivity contribution in [2.24, 2.45) is 11.8 Å². The fourth-order valence-electron chi connectivity index (χ4n) is 3.02. The number of carboxylic acids is 1. The van der Waals surface area contributed by atoms with E-state index in [1.54, 1.807) is 0 Å². The third-order valence-electron chi connectivity index (χ3n) is 4.05. The quantitative estimate of drug-likeness (QED) is 0.820. The van der Waals surface area contributed by atoms with Gasteiger partial charge in [-0.15, -0.1) is 0 Å². The Bertz CT molecular complexity index is 260. The summed E-state index contributed by atoms with van der Waals surface area (Å²) in [5.41, 5.74) is 0. The van der Waals surface area contributed by atoms with Gasteiger partial charge in [0.2, 0.25) is 0 Å². The second-order valence-electron chi connectivity index (χ2n) is 5.15. The van der Waals surface area contributed by atoms with Gasteiger partial charge in [-0.25, -0.2) is 0 Å². The highest BCUT2D eigenvalue weighted by Crippen LogP contribution is 2.37. The van der Waals surface area contributed by atoms with E-state index in [-0.39, 0.29) is 24.0 Å². The van der Waals surface area contributed by atoms with E-state index in [1.165, 1.54) is 0 Å². The molecule has 1 aliphatic carbocycles. The summed E-state index contributed by atoms with van der Waals surface area (Å²) >= 11 is 0. The monoisotopic (exact) mass is 242 g/mol. The fraction of sp³-hybridized carbons (Fsp3) is 0.923. The molecule has 1 saturated heterocycles. The molecule has 0 aromatic rings. The molecule has 0 amide bonds. The van der Waals surface area contributed by atoms with Crippen molar-refractivity contribution in [2.45, 2.75) is 51.2 Å². The summed E-state index contributed by atoms with van der Waals surface area (Å²) in [7, 11) is 0. The van der Waals surface area contributed by atoms with E-state index in [1.807, 2.05) is 0 Å². The first-order valence-corrected chi connectivity index (χ1v) is 6.66. The third kappa shape index (κ3) is 3.19. The SMILES string of the molecule is CCC1CC(OC2CCOCC2)CC1C(=O)O. The summed E-state index contributed by atoms with van der Waals surface area (Å²) in [6.07, 6.45) is 4.85. The molecule has 2 aliphatic rings. The Morgan fingerprint density at radius 3 is 2.53 bits per heavy atom. The standard InChI is InChI=1S/C13H22O4/c1-2-9-7-11(8-12(9)13(14)15)17-10-3-5-16-6-4-10/h9-12H,2-8H2,1H3,(H,14,15). The summed E-state index contributed by atoms with van der Waals surface area (Å²) in [5, 5.41) is 9.16. The van der Waals surface area contributed by atoms with Crippen LogP contribution >= 0.6 is 0 Å². The van der Waals surface area contributed by atoms with Gasteiger partial charge in [0.05, 0.1) is 18.1 Å². The third-order valence-corrected chi connectivity index (χ3v) is 4.05. The zero-order valence-corrected chi connectivity index (χ0v) is 10.4. The van der Waals surface area contributed by atoms with Crippen LogP contribution in [0.3, 0.4) is 0 Å². The number of carboxylic acid groups (broad SMARTS) is 1. The van der Waals surface area contributed by atoms with Crippen LogP contribution in [0.1, 0.15) is 39.0 Å². The lowest BCUT2D eigenvalue weighted by molar-refractivity contribution is -0.143. The molecule has 4 heteroatoms. The van der Waals surface area contributed by atoms with E-state index in [0.717, 1.165) is 38.9 Å². The van der Waals surface area contributed by atoms with Gasteiger partial charge in [-0.3, -0.25) is 4.79 Å². The first-order chi connectivity index (χ1) is 8.20. The van der Waals surface area contributed by atoms with Crippen molar-refractivity contribution < 1.29 is 19.4 Å². The Morgan fingerprint density at radius 1 is 1.29 bits per heavy atom. The van der Waals surface area contributed by atoms with Crippen LogP contribution in [-0.4, -0.2) is 36.5 Å². The van der Waals surface area contributed by atoms with Gasteiger partial charge in [0.25, 0.3) is 0 Å². The first kappa shape index (κ1) is 12.8. The molecular formula is C13H22O4. The number of carbonyl (C=O) groups is 1. The highest BCUT2D eigenvalue weighted by atomic mass is 16.5. The van der Waals surface area contributed by atoms with Gasteiger partial charge in [-0.2, -0.15) is 0 Å². The zero-order valence-electron chi connectivity index (χ0n) is 10.4. The highest BCUT2D eigenvalue weighted by Gasteiger charge is 2.39. The van der Waals surface area contributed by atoms with Crippen molar-refractivity contribution >= 4 is 5.97 Å². The number of rotatable bonds is 4. The summed E-state index contributed by atoms with van der Waals surface area (Å²) in [6.45, 7) is 3.62. The van der Waals surface area contributed by atoms with Gasteiger partial charge in [-0.05, 0) is 31.6 Å². The molecule has 3 atom stereocenters. The van der Waals surface area contributed by atoms with Crippen LogP contribution in [0.4, 0.5) is 0 Å². The molecule has 1 heterocycles. The minimum absolute atomic E-state index is 0.143. The zero-order chi connectivity index (χ0) is 12.3. The van der Waals surface area contributed by atoms with Crippen LogP contribution < -0.4 is 0 Å². The molecule has 1 aliphatic heterocycles. The topological polar surface area (TPSA) is 55.8 Å². The van der Waals surface area contributed by atoms with Crippen molar-refractivity contribution in [2.75, 3.05) is 13.2 Å². The number of hydrogen-bond donors (Lipinski definition) is 1. The molecular weight excluding hydrogens is 220 g/mol. The molecule has 2 fully saturated rings. The van der Waals surface area contributed by atoms with Crippen LogP contribution in [0.15, 0.2) is 0 Å². The summed E-state index contributed by atoms with van der Waals surface area (Å²) in [6, 6.07) is 0. The molecule has 17 heavy (non-hydrogen) atoms. The van der Waals surface area contributed by atoms with Crippen LogP contribution in [0.25, 0.3) is 0 Å². The lowest BCUT2D eigenvalue weighted by atomic mass is 9.94. The van der Waals surface area contributed by atoms with Gasteiger partial charge in [-0.1, -0.05) is 13.3 Å². The largest absolute Gasteiger partial charge is 0.481 e. The molecule has 0 aromatic carbocycles. The summed E-state index contributed by atoms with van der Waals surface area (Å²) in [5.74, 6) is -0.572. The van der Waals surface area contributed by atoms with Gasteiger partial charge < -0.3 is 14.6 Å². The average molecular weight is 242 g/mol. The normalized spacial score (nSPS) is 35.0. The molecule has 98 valence electrons. The van der Waals surface area contributed by atoms with Crippen LogP contribution in [-0.2, 0) is 14.3 Å². The lowest BCUT2D eigenvalue weighted by Crippen LogP contribution is -2.27. The van der Waals surface area contributed by atoms with Gasteiger partial charge in [0, 0.05) is 13.2 Å². The van der Waals surface area contributed by atoms with E-state index in [4.69, 9.17) is 14.6 Å². The molecule has 4 nitrogen and oxygen atoms in total. The predicted octanol–water partition coefficient (Wildman–Crippen LogP) is 2.07. The highest BCUT2D eigenvalue weighted by molar-refractivity contribution is 5.70. The maximum atomic E-state index is 11.1. The molecule has 0 bridgehead atoms. The summed E-state index contributed by atoms with van der Waals surface area (Å²) < 4.78 is 11.3. The van der Waals surface area contributed by atoms with Gasteiger partial charge in [0.15, 0.2) is 0 Å². The number of aliphatic carboxylic acids is 1. The minimum Gasteiger partial charge on any atom is -0.481 e. The Hall–Kier alpha value is -0.610. The van der Waals surface area contributed by atoms with Crippen molar-refractivity contribution in [3.05, 3.63) is 0 Å². The second-order valence-corrected chi connectivity index (χ2v) is 5.15. The predicted molar refractivity (Wildman–Crippen MR) is 62.9 cm³/mol. The van der Waals surface area contributed by atoms with E-state index in [9.17, 15) is 4.79 Å². The molecule has 1 N–H and O–H groups in total. The Balaban J connectivity index is 1.84. The van der Waals surface area contributed by atoms with E-state index >= 15 is 0 Å². The van der Waals surface area contributed by atoms with Crippen LogP contribution in [0, 0.1) is 11.8 Å². The molecule has 3 unspecified atom stereocenters. The van der Waals surface area contributed by atoms with Crippen molar-refractivity contribution in [1.29, 1.82) is 0 Å². The average Bonchev–Trinajstić information content (AvgIpc) is 2.73. The Kier molecular flexibility index (Phi) is 4.40. The fourth-order valence-corrected chi connectivity index (χ4v) is 3.02. The van der Waals surface area contributed by atoms with Crippen LogP contribution in [0.2, 0.25) is 0 Å². The minimum atomic E-state index is -0.657. The van der Waals surface area contributed by atoms with Crippen molar-refractivity contribution in [1.82, 2.24) is 0 Å². The summed E-state index contributed by atoms with van der Waals surface area (Å²) in [4.78, 5) is 11.1. The Labute approximate surface area is 102 Å². The molecule has 0 aromatic heterocycles. The molecule has 0 spiro atoms. The number of ether oxygens (including phenoxy) is 2. The first-order valence-electron chi connectivity index (χ1n) is 6.66. The smallest absolute Gasteiger partial charge is 0.306 e. The maximum absolute atomic E-state index is 11.1. The molecule has 2 rings (SSSR count). The van der Waals surface area contributed by atoms with Crippen molar-refractivity contribution in [3.63, 3.8) is 0 Å². The molecule has 0 radical (unpaired) electrons. The van der Waals surface area contributed by atoms with Gasteiger partial charge in [0.1, 0.15) is 0 Å². The number of hydrogen-bond acceptors (Lipinski definition) is 3. The molecule has 1 saturated carbocycles. The van der Waals surface area contributed by atoms with E-state index < -0.39 is 5.97 Å².